The molecule has 158 valence electrons. The summed E-state index contributed by atoms with van der Waals surface area (Å²) in [7, 11) is 1.90. The fraction of sp³-hybridized carbons (Fsp3) is 0.400. The highest BCUT2D eigenvalue weighted by Crippen LogP contribution is 2.31. The Morgan fingerprint density at radius 3 is 2.77 bits per heavy atom. The van der Waals surface area contributed by atoms with Gasteiger partial charge in [0.25, 0.3) is 0 Å². The molecule has 1 saturated heterocycles. The third kappa shape index (κ3) is 3.73. The molecule has 0 bridgehead atoms. The number of carboxylic acid groups (broad SMARTS) is 1. The van der Waals surface area contributed by atoms with Crippen LogP contribution in [0.15, 0.2) is 24.4 Å². The first-order valence-electron chi connectivity index (χ1n) is 9.76. The average molecular weight is 411 g/mol. The van der Waals surface area contributed by atoms with E-state index in [1.165, 1.54) is 0 Å². The van der Waals surface area contributed by atoms with Crippen molar-refractivity contribution in [1.29, 1.82) is 0 Å². The van der Waals surface area contributed by atoms with E-state index in [0.29, 0.717) is 30.5 Å². The minimum Gasteiger partial charge on any atom is -0.463 e. The minimum absolute atomic E-state index is 0.175. The van der Waals surface area contributed by atoms with Crippen molar-refractivity contribution in [2.24, 2.45) is 7.05 Å². The lowest BCUT2D eigenvalue weighted by Gasteiger charge is -2.34. The van der Waals surface area contributed by atoms with Crippen LogP contribution >= 0.6 is 0 Å². The maximum Gasteiger partial charge on any atom is 0.434 e. The molecule has 10 heteroatoms. The van der Waals surface area contributed by atoms with Crippen LogP contribution in [0.3, 0.4) is 0 Å². The number of carbonyl (C=O) groups is 1. The van der Waals surface area contributed by atoms with Gasteiger partial charge < -0.3 is 20.1 Å². The first-order valence-corrected chi connectivity index (χ1v) is 9.76. The largest absolute Gasteiger partial charge is 0.463 e. The quantitative estimate of drug-likeness (QED) is 0.674. The van der Waals surface area contributed by atoms with Gasteiger partial charge in [0.05, 0.1) is 36.8 Å². The fourth-order valence-corrected chi connectivity index (χ4v) is 3.76. The molecule has 3 aromatic rings. The van der Waals surface area contributed by atoms with Crippen molar-refractivity contribution >= 4 is 23.5 Å². The number of nitrogens with one attached hydrogen (secondary N) is 1. The van der Waals surface area contributed by atoms with E-state index in [2.05, 4.69) is 27.3 Å². The number of nitrogens with zero attached hydrogens (tertiary/aromatic N) is 6. The smallest absolute Gasteiger partial charge is 0.434 e. The van der Waals surface area contributed by atoms with Crippen molar-refractivity contribution in [3.63, 3.8) is 0 Å². The Morgan fingerprint density at radius 2 is 2.10 bits per heavy atom. The van der Waals surface area contributed by atoms with E-state index in [0.717, 1.165) is 33.9 Å². The van der Waals surface area contributed by atoms with Crippen molar-refractivity contribution in [1.82, 2.24) is 24.5 Å². The van der Waals surface area contributed by atoms with Gasteiger partial charge in [0.1, 0.15) is 17.5 Å². The van der Waals surface area contributed by atoms with Crippen LogP contribution in [0.2, 0.25) is 0 Å². The Bertz CT molecular complexity index is 1070. The lowest BCUT2D eigenvalue weighted by molar-refractivity contribution is 0.0985. The molecule has 30 heavy (non-hydrogen) atoms. The molecular weight excluding hydrogens is 386 g/mol. The summed E-state index contributed by atoms with van der Waals surface area (Å²) in [4.78, 5) is 18.5. The Balaban J connectivity index is 1.81. The number of aromatic nitrogens is 5. The summed E-state index contributed by atoms with van der Waals surface area (Å²) < 4.78 is 8.31. The highest BCUT2D eigenvalue weighted by atomic mass is 16.5. The molecule has 0 radical (unpaired) electrons. The van der Waals surface area contributed by atoms with E-state index in [1.54, 1.807) is 13.0 Å². The number of anilines is 3. The average Bonchev–Trinajstić information content (AvgIpc) is 3.23. The molecule has 1 atom stereocenters. The SMILES string of the molecule is Cc1cc(Nc2cc(-c3c(C)cnn3C)cc(N3CCOCC3C)n2)n(C(=O)O)n1. The highest BCUT2D eigenvalue weighted by molar-refractivity contribution is 5.76. The summed E-state index contributed by atoms with van der Waals surface area (Å²) in [6.07, 6.45) is 0.661. The number of hydrogen-bond donors (Lipinski definition) is 2. The van der Waals surface area contributed by atoms with Gasteiger partial charge in [-0.1, -0.05) is 0 Å². The summed E-state index contributed by atoms with van der Waals surface area (Å²) in [5.41, 5.74) is 3.56. The van der Waals surface area contributed by atoms with Gasteiger partial charge in [-0.05, 0) is 38.5 Å². The topological polar surface area (TPSA) is 110 Å². The van der Waals surface area contributed by atoms with Gasteiger partial charge in [-0.15, -0.1) is 4.68 Å². The molecule has 0 aromatic carbocycles. The summed E-state index contributed by atoms with van der Waals surface area (Å²) in [5.74, 6) is 1.67. The second kappa shape index (κ2) is 7.79. The van der Waals surface area contributed by atoms with Crippen molar-refractivity contribution in [2.75, 3.05) is 30.0 Å². The van der Waals surface area contributed by atoms with E-state index in [1.807, 2.05) is 37.0 Å². The molecule has 0 spiro atoms. The molecule has 1 unspecified atom stereocenters. The summed E-state index contributed by atoms with van der Waals surface area (Å²) >= 11 is 0. The molecule has 4 rings (SSSR count). The van der Waals surface area contributed by atoms with Gasteiger partial charge in [-0.25, -0.2) is 9.78 Å². The van der Waals surface area contributed by atoms with Crippen LogP contribution in [-0.4, -0.2) is 61.5 Å². The standard InChI is InChI=1S/C20H25N7O3/c1-12-10-21-25(4)19(12)15-8-16(23-18-7-13(2)24-27(18)20(28)29)22-17(9-15)26-5-6-30-11-14(26)3/h7-10,14H,5-6,11H2,1-4H3,(H,22,23)(H,28,29). The van der Waals surface area contributed by atoms with Crippen LogP contribution in [0.1, 0.15) is 18.2 Å². The van der Waals surface area contributed by atoms with Gasteiger partial charge in [0, 0.05) is 25.2 Å². The van der Waals surface area contributed by atoms with E-state index >= 15 is 0 Å². The van der Waals surface area contributed by atoms with Gasteiger partial charge in [-0.3, -0.25) is 4.68 Å². The fourth-order valence-electron chi connectivity index (χ4n) is 3.76. The number of rotatable bonds is 4. The first-order chi connectivity index (χ1) is 14.3. The van der Waals surface area contributed by atoms with Gasteiger partial charge in [0.15, 0.2) is 0 Å². The van der Waals surface area contributed by atoms with Gasteiger partial charge in [0.2, 0.25) is 0 Å². The van der Waals surface area contributed by atoms with Gasteiger partial charge >= 0.3 is 6.09 Å². The van der Waals surface area contributed by atoms with E-state index in [9.17, 15) is 9.90 Å². The number of ether oxygens (including phenoxy) is 1. The second-order valence-electron chi connectivity index (χ2n) is 7.51. The van der Waals surface area contributed by atoms with Crippen molar-refractivity contribution in [3.8, 4) is 11.3 Å². The number of aryl methyl sites for hydroxylation is 3. The number of hydrogen-bond acceptors (Lipinski definition) is 7. The van der Waals surface area contributed by atoms with Crippen molar-refractivity contribution < 1.29 is 14.6 Å². The maximum absolute atomic E-state index is 11.5. The lowest BCUT2D eigenvalue weighted by atomic mass is 10.1. The van der Waals surface area contributed by atoms with Crippen LogP contribution < -0.4 is 10.2 Å². The first kappa shape index (κ1) is 19.9. The molecule has 10 nitrogen and oxygen atoms in total. The molecule has 1 fully saturated rings. The molecule has 4 heterocycles. The number of morpholine rings is 1. The molecule has 1 aliphatic rings. The molecule has 2 N–H and O–H groups in total. The van der Waals surface area contributed by atoms with E-state index in [4.69, 9.17) is 9.72 Å². The molecular formula is C20H25N7O3. The Morgan fingerprint density at radius 1 is 1.30 bits per heavy atom. The predicted octanol–water partition coefficient (Wildman–Crippen LogP) is 2.79. The normalized spacial score (nSPS) is 16.7. The monoisotopic (exact) mass is 411 g/mol. The van der Waals surface area contributed by atoms with Crippen LogP contribution in [0.25, 0.3) is 11.3 Å². The van der Waals surface area contributed by atoms with Crippen LogP contribution in [0.4, 0.5) is 22.2 Å². The Labute approximate surface area is 174 Å². The minimum atomic E-state index is -1.16. The third-order valence-corrected chi connectivity index (χ3v) is 5.14. The van der Waals surface area contributed by atoms with Gasteiger partial charge in [-0.2, -0.15) is 10.2 Å². The van der Waals surface area contributed by atoms with Crippen molar-refractivity contribution in [3.05, 3.63) is 35.7 Å². The van der Waals surface area contributed by atoms with Crippen LogP contribution in [0.5, 0.6) is 0 Å². The maximum atomic E-state index is 11.5. The van der Waals surface area contributed by atoms with Crippen molar-refractivity contribution in [2.45, 2.75) is 26.8 Å². The molecule has 0 amide bonds. The lowest BCUT2D eigenvalue weighted by Crippen LogP contribution is -2.44. The molecule has 1 aliphatic heterocycles. The van der Waals surface area contributed by atoms with E-state index < -0.39 is 6.09 Å². The summed E-state index contributed by atoms with van der Waals surface area (Å²) in [6, 6.07) is 5.78. The van der Waals surface area contributed by atoms with E-state index in [-0.39, 0.29) is 6.04 Å². The zero-order chi connectivity index (χ0) is 21.4. The van der Waals surface area contributed by atoms with Crippen LogP contribution in [0, 0.1) is 13.8 Å². The molecule has 0 aliphatic carbocycles. The zero-order valence-electron chi connectivity index (χ0n) is 17.5. The predicted molar refractivity (Wildman–Crippen MR) is 112 cm³/mol. The molecule has 3 aromatic heterocycles. The summed E-state index contributed by atoms with van der Waals surface area (Å²) in [5, 5.41) is 20.9. The Kier molecular flexibility index (Phi) is 5.17. The van der Waals surface area contributed by atoms with Crippen LogP contribution in [-0.2, 0) is 11.8 Å². The zero-order valence-corrected chi connectivity index (χ0v) is 17.5. The highest BCUT2D eigenvalue weighted by Gasteiger charge is 2.23. The summed E-state index contributed by atoms with van der Waals surface area (Å²) in [6.45, 7) is 7.84. The Hall–Kier alpha value is -3.40. The number of pyridine rings is 1. The third-order valence-electron chi connectivity index (χ3n) is 5.14. The molecule has 0 saturated carbocycles. The second-order valence-corrected chi connectivity index (χ2v) is 7.51.